The molecule has 5 nitrogen and oxygen atoms in total. The van der Waals surface area contributed by atoms with Crippen LogP contribution in [-0.4, -0.2) is 28.6 Å². The lowest BCUT2D eigenvalue weighted by molar-refractivity contribution is 0.0729. The van der Waals surface area contributed by atoms with Gasteiger partial charge in [0.05, 0.1) is 0 Å². The van der Waals surface area contributed by atoms with E-state index in [1.54, 1.807) is 6.07 Å². The van der Waals surface area contributed by atoms with Crippen molar-refractivity contribution in [1.29, 1.82) is 0 Å². The second-order valence-electron chi connectivity index (χ2n) is 6.63. The van der Waals surface area contributed by atoms with E-state index in [-0.39, 0.29) is 12.7 Å². The summed E-state index contributed by atoms with van der Waals surface area (Å²) in [5.74, 6) is 1.40. The summed E-state index contributed by atoms with van der Waals surface area (Å²) < 4.78 is 10.7. The normalized spacial score (nSPS) is 15.5. The van der Waals surface area contributed by atoms with E-state index in [0.29, 0.717) is 29.6 Å². The van der Waals surface area contributed by atoms with Crippen LogP contribution >= 0.6 is 0 Å². The first-order chi connectivity index (χ1) is 12.3. The molecule has 3 aromatic rings. The van der Waals surface area contributed by atoms with Crippen molar-refractivity contribution in [2.45, 2.75) is 25.4 Å². The zero-order valence-corrected chi connectivity index (χ0v) is 13.7. The van der Waals surface area contributed by atoms with Gasteiger partial charge in [-0.3, -0.25) is 4.79 Å². The molecule has 1 saturated carbocycles. The van der Waals surface area contributed by atoms with Crippen LogP contribution in [0.4, 0.5) is 0 Å². The van der Waals surface area contributed by atoms with Gasteiger partial charge in [0.25, 0.3) is 5.91 Å². The summed E-state index contributed by atoms with van der Waals surface area (Å²) in [5, 5.41) is 1.18. The molecule has 1 N–H and O–H groups in total. The Kier molecular flexibility index (Phi) is 3.20. The van der Waals surface area contributed by atoms with Crippen molar-refractivity contribution in [3.05, 3.63) is 59.8 Å². The van der Waals surface area contributed by atoms with Gasteiger partial charge in [0.15, 0.2) is 11.5 Å². The van der Waals surface area contributed by atoms with E-state index in [4.69, 9.17) is 9.47 Å². The van der Waals surface area contributed by atoms with E-state index >= 15 is 0 Å². The van der Waals surface area contributed by atoms with Crippen molar-refractivity contribution >= 4 is 16.8 Å². The van der Waals surface area contributed by atoms with Crippen LogP contribution in [0.3, 0.4) is 0 Å². The monoisotopic (exact) mass is 334 g/mol. The van der Waals surface area contributed by atoms with Crippen LogP contribution in [0, 0.1) is 0 Å². The van der Waals surface area contributed by atoms with Crippen molar-refractivity contribution in [2.24, 2.45) is 0 Å². The number of nitrogens with one attached hydrogen (secondary N) is 1. The largest absolute Gasteiger partial charge is 0.454 e. The van der Waals surface area contributed by atoms with Gasteiger partial charge in [0, 0.05) is 29.9 Å². The minimum atomic E-state index is 0.0485. The molecule has 0 bridgehead atoms. The molecule has 2 aliphatic rings. The summed E-state index contributed by atoms with van der Waals surface area (Å²) >= 11 is 0. The summed E-state index contributed by atoms with van der Waals surface area (Å²) in [6.45, 7) is 0.836. The van der Waals surface area contributed by atoms with Crippen LogP contribution in [0.1, 0.15) is 28.8 Å². The molecule has 1 aromatic heterocycles. The fraction of sp³-hybridized carbons (Fsp3) is 0.250. The predicted octanol–water partition coefficient (Wildman–Crippen LogP) is 3.70. The topological polar surface area (TPSA) is 54.6 Å². The number of fused-ring (bicyclic) bond motifs is 2. The molecule has 2 aromatic carbocycles. The SMILES string of the molecule is O=C(c1ccc2c(c1)OCO2)N(Cc1ccc2cc[nH]c2c1)C1CC1. The molecule has 0 saturated heterocycles. The van der Waals surface area contributed by atoms with Gasteiger partial charge in [0.1, 0.15) is 0 Å². The summed E-state index contributed by atoms with van der Waals surface area (Å²) in [4.78, 5) is 18.3. The fourth-order valence-electron chi connectivity index (χ4n) is 3.34. The Morgan fingerprint density at radius 1 is 1.08 bits per heavy atom. The maximum atomic E-state index is 13.1. The van der Waals surface area contributed by atoms with E-state index in [1.165, 1.54) is 5.39 Å². The molecule has 5 heteroatoms. The first-order valence-corrected chi connectivity index (χ1v) is 8.54. The van der Waals surface area contributed by atoms with E-state index in [0.717, 1.165) is 23.9 Å². The first kappa shape index (κ1) is 14.4. The zero-order chi connectivity index (χ0) is 16.8. The number of ether oxygens (including phenoxy) is 2. The number of hydrogen-bond acceptors (Lipinski definition) is 3. The predicted molar refractivity (Wildman–Crippen MR) is 93.8 cm³/mol. The maximum Gasteiger partial charge on any atom is 0.254 e. The summed E-state index contributed by atoms with van der Waals surface area (Å²) in [7, 11) is 0. The number of amides is 1. The van der Waals surface area contributed by atoms with Crippen molar-refractivity contribution in [1.82, 2.24) is 9.88 Å². The van der Waals surface area contributed by atoms with Gasteiger partial charge in [-0.1, -0.05) is 12.1 Å². The molecule has 0 spiro atoms. The molecule has 0 radical (unpaired) electrons. The average Bonchev–Trinajstić information content (AvgIpc) is 3.18. The molecule has 25 heavy (non-hydrogen) atoms. The lowest BCUT2D eigenvalue weighted by Gasteiger charge is -2.23. The Morgan fingerprint density at radius 2 is 1.96 bits per heavy atom. The van der Waals surface area contributed by atoms with E-state index in [9.17, 15) is 4.79 Å². The lowest BCUT2D eigenvalue weighted by Crippen LogP contribution is -2.32. The Hall–Kier alpha value is -2.95. The van der Waals surface area contributed by atoms with Crippen LogP contribution in [0.2, 0.25) is 0 Å². The van der Waals surface area contributed by atoms with Crippen molar-refractivity contribution in [3.8, 4) is 11.5 Å². The molecule has 1 fully saturated rings. The van der Waals surface area contributed by atoms with E-state index < -0.39 is 0 Å². The average molecular weight is 334 g/mol. The number of aromatic amines is 1. The van der Waals surface area contributed by atoms with Gasteiger partial charge >= 0.3 is 0 Å². The Labute approximate surface area is 145 Å². The Balaban J connectivity index is 1.43. The highest BCUT2D eigenvalue weighted by molar-refractivity contribution is 5.95. The Bertz CT molecular complexity index is 958. The molecular formula is C20H18N2O3. The number of H-pyrrole nitrogens is 1. The van der Waals surface area contributed by atoms with Gasteiger partial charge in [-0.05, 0) is 54.1 Å². The molecule has 0 unspecified atom stereocenters. The summed E-state index contributed by atoms with van der Waals surface area (Å²) in [5.41, 5.74) is 2.89. The van der Waals surface area contributed by atoms with E-state index in [2.05, 4.69) is 29.2 Å². The molecular weight excluding hydrogens is 316 g/mol. The number of carbonyl (C=O) groups excluding carboxylic acids is 1. The Morgan fingerprint density at radius 3 is 2.84 bits per heavy atom. The van der Waals surface area contributed by atoms with Gasteiger partial charge in [-0.2, -0.15) is 0 Å². The number of hydrogen-bond donors (Lipinski definition) is 1. The molecule has 1 amide bonds. The maximum absolute atomic E-state index is 13.1. The number of benzene rings is 2. The van der Waals surface area contributed by atoms with Gasteiger partial charge in [-0.15, -0.1) is 0 Å². The van der Waals surface area contributed by atoms with E-state index in [1.807, 2.05) is 23.2 Å². The van der Waals surface area contributed by atoms with Crippen LogP contribution in [-0.2, 0) is 6.54 Å². The van der Waals surface area contributed by atoms with Crippen molar-refractivity contribution < 1.29 is 14.3 Å². The van der Waals surface area contributed by atoms with Crippen LogP contribution in [0.5, 0.6) is 11.5 Å². The molecule has 1 aliphatic carbocycles. The standard InChI is InChI=1S/C20H18N2O3/c23-20(15-3-6-18-19(10-15)25-12-24-18)22(16-4-5-16)11-13-1-2-14-7-8-21-17(14)9-13/h1-3,6-10,16,21H,4-5,11-12H2. The molecule has 5 rings (SSSR count). The minimum absolute atomic E-state index is 0.0485. The number of rotatable bonds is 4. The third kappa shape index (κ3) is 2.61. The van der Waals surface area contributed by atoms with Gasteiger partial charge in [-0.25, -0.2) is 0 Å². The fourth-order valence-corrected chi connectivity index (χ4v) is 3.34. The van der Waals surface area contributed by atoms with Crippen molar-refractivity contribution in [3.63, 3.8) is 0 Å². The molecule has 126 valence electrons. The first-order valence-electron chi connectivity index (χ1n) is 8.54. The minimum Gasteiger partial charge on any atom is -0.454 e. The van der Waals surface area contributed by atoms with Crippen LogP contribution in [0.25, 0.3) is 10.9 Å². The third-order valence-electron chi connectivity index (χ3n) is 4.84. The highest BCUT2D eigenvalue weighted by Crippen LogP contribution is 2.35. The van der Waals surface area contributed by atoms with Crippen molar-refractivity contribution in [2.75, 3.05) is 6.79 Å². The molecule has 0 atom stereocenters. The smallest absolute Gasteiger partial charge is 0.254 e. The second kappa shape index (κ2) is 5.55. The third-order valence-corrected chi connectivity index (χ3v) is 4.84. The number of aromatic nitrogens is 1. The van der Waals surface area contributed by atoms with Crippen LogP contribution in [0.15, 0.2) is 48.7 Å². The quantitative estimate of drug-likeness (QED) is 0.791. The van der Waals surface area contributed by atoms with Crippen LogP contribution < -0.4 is 9.47 Å². The van der Waals surface area contributed by atoms with Gasteiger partial charge in [0.2, 0.25) is 6.79 Å². The highest BCUT2D eigenvalue weighted by Gasteiger charge is 2.33. The highest BCUT2D eigenvalue weighted by atomic mass is 16.7. The summed E-state index contributed by atoms with van der Waals surface area (Å²) in [6.07, 6.45) is 4.08. The lowest BCUT2D eigenvalue weighted by atomic mass is 10.1. The van der Waals surface area contributed by atoms with Gasteiger partial charge < -0.3 is 19.4 Å². The molecule has 1 aliphatic heterocycles. The summed E-state index contributed by atoms with van der Waals surface area (Å²) in [6, 6.07) is 14.1. The molecule has 2 heterocycles. The zero-order valence-electron chi connectivity index (χ0n) is 13.7. The number of nitrogens with zero attached hydrogens (tertiary/aromatic N) is 1. The second-order valence-corrected chi connectivity index (χ2v) is 6.63. The number of carbonyl (C=O) groups is 1.